The maximum absolute atomic E-state index is 5.80. The predicted molar refractivity (Wildman–Crippen MR) is 76.2 cm³/mol. The second kappa shape index (κ2) is 7.42. The third-order valence-corrected chi connectivity index (χ3v) is 3.74. The number of hydrogen-bond donors (Lipinski definition) is 1. The molecule has 100 valence electrons. The van der Waals surface area contributed by atoms with Crippen molar-refractivity contribution in [2.75, 3.05) is 13.2 Å². The van der Waals surface area contributed by atoms with Crippen LogP contribution in [0.2, 0.25) is 0 Å². The maximum Gasteiger partial charge on any atom is 0.122 e. The third-order valence-electron chi connectivity index (χ3n) is 3.74. The molecule has 18 heavy (non-hydrogen) atoms. The molecule has 2 nitrogen and oxygen atoms in total. The monoisotopic (exact) mass is 247 g/mol. The zero-order valence-electron chi connectivity index (χ0n) is 11.5. The van der Waals surface area contributed by atoms with E-state index in [-0.39, 0.29) is 0 Å². The predicted octanol–water partition coefficient (Wildman–Crippen LogP) is 3.69. The van der Waals surface area contributed by atoms with Gasteiger partial charge in [-0.05, 0) is 31.4 Å². The van der Waals surface area contributed by atoms with Crippen LogP contribution in [-0.4, -0.2) is 19.2 Å². The lowest BCUT2D eigenvalue weighted by Gasteiger charge is -2.16. The summed E-state index contributed by atoms with van der Waals surface area (Å²) in [7, 11) is 0. The van der Waals surface area contributed by atoms with Gasteiger partial charge in [0, 0.05) is 12.6 Å². The summed E-state index contributed by atoms with van der Waals surface area (Å²) in [6.45, 7) is 3.81. The molecule has 0 saturated heterocycles. The highest BCUT2D eigenvalue weighted by Crippen LogP contribution is 2.17. The summed E-state index contributed by atoms with van der Waals surface area (Å²) in [6.07, 6.45) is 8.27. The first-order chi connectivity index (χ1) is 8.86. The molecule has 1 aromatic carbocycles. The molecule has 1 aliphatic carbocycles. The summed E-state index contributed by atoms with van der Waals surface area (Å²) in [4.78, 5) is 0. The summed E-state index contributed by atoms with van der Waals surface area (Å²) >= 11 is 0. The molecular weight excluding hydrogens is 222 g/mol. The SMILES string of the molecule is Cc1ccccc1OCCNC1CCCCCC1. The molecular formula is C16H25NO. The highest BCUT2D eigenvalue weighted by molar-refractivity contribution is 5.31. The molecule has 0 atom stereocenters. The van der Waals surface area contributed by atoms with Crippen LogP contribution in [0.3, 0.4) is 0 Å². The van der Waals surface area contributed by atoms with E-state index in [0.29, 0.717) is 6.04 Å². The van der Waals surface area contributed by atoms with Crippen molar-refractivity contribution >= 4 is 0 Å². The van der Waals surface area contributed by atoms with Crippen LogP contribution >= 0.6 is 0 Å². The van der Waals surface area contributed by atoms with Crippen LogP contribution in [0.4, 0.5) is 0 Å². The fraction of sp³-hybridized carbons (Fsp3) is 0.625. The molecule has 0 bridgehead atoms. The van der Waals surface area contributed by atoms with E-state index < -0.39 is 0 Å². The number of para-hydroxylation sites is 1. The van der Waals surface area contributed by atoms with Crippen LogP contribution in [0.1, 0.15) is 44.1 Å². The van der Waals surface area contributed by atoms with Gasteiger partial charge in [0.15, 0.2) is 0 Å². The number of nitrogens with one attached hydrogen (secondary N) is 1. The van der Waals surface area contributed by atoms with Crippen LogP contribution in [-0.2, 0) is 0 Å². The van der Waals surface area contributed by atoms with Crippen molar-refractivity contribution in [1.29, 1.82) is 0 Å². The first-order valence-corrected chi connectivity index (χ1v) is 7.28. The van der Waals surface area contributed by atoms with Crippen LogP contribution in [0, 0.1) is 6.92 Å². The van der Waals surface area contributed by atoms with Crippen molar-refractivity contribution in [2.24, 2.45) is 0 Å². The lowest BCUT2D eigenvalue weighted by molar-refractivity contribution is 0.298. The number of rotatable bonds is 5. The van der Waals surface area contributed by atoms with Crippen molar-refractivity contribution in [2.45, 2.75) is 51.5 Å². The fourth-order valence-corrected chi connectivity index (χ4v) is 2.63. The molecule has 1 saturated carbocycles. The molecule has 0 heterocycles. The molecule has 2 heteroatoms. The molecule has 0 aromatic heterocycles. The van der Waals surface area contributed by atoms with Crippen molar-refractivity contribution in [1.82, 2.24) is 5.32 Å². The first kappa shape index (κ1) is 13.4. The minimum atomic E-state index is 0.716. The van der Waals surface area contributed by atoms with Gasteiger partial charge in [-0.3, -0.25) is 0 Å². The Morgan fingerprint density at radius 1 is 1.11 bits per heavy atom. The molecule has 0 radical (unpaired) electrons. The van der Waals surface area contributed by atoms with Crippen LogP contribution < -0.4 is 10.1 Å². The Hall–Kier alpha value is -1.02. The van der Waals surface area contributed by atoms with Gasteiger partial charge in [0.2, 0.25) is 0 Å². The van der Waals surface area contributed by atoms with Crippen LogP contribution in [0.15, 0.2) is 24.3 Å². The second-order valence-electron chi connectivity index (χ2n) is 5.26. The van der Waals surface area contributed by atoms with Crippen LogP contribution in [0.25, 0.3) is 0 Å². The average Bonchev–Trinajstić information content (AvgIpc) is 2.65. The smallest absolute Gasteiger partial charge is 0.122 e. The maximum atomic E-state index is 5.80. The van der Waals surface area contributed by atoms with E-state index >= 15 is 0 Å². The van der Waals surface area contributed by atoms with Crippen molar-refractivity contribution in [3.8, 4) is 5.75 Å². The average molecular weight is 247 g/mol. The standard InChI is InChI=1S/C16H25NO/c1-14-8-6-7-11-16(14)18-13-12-17-15-9-4-2-3-5-10-15/h6-8,11,15,17H,2-5,9-10,12-13H2,1H3. The number of ether oxygens (including phenoxy) is 1. The lowest BCUT2D eigenvalue weighted by atomic mass is 10.1. The van der Waals surface area contributed by atoms with Crippen molar-refractivity contribution in [3.05, 3.63) is 29.8 Å². The highest BCUT2D eigenvalue weighted by Gasteiger charge is 2.10. The van der Waals surface area contributed by atoms with Gasteiger partial charge in [0.1, 0.15) is 12.4 Å². The van der Waals surface area contributed by atoms with Gasteiger partial charge in [-0.25, -0.2) is 0 Å². The largest absolute Gasteiger partial charge is 0.492 e. The molecule has 0 amide bonds. The van der Waals surface area contributed by atoms with Gasteiger partial charge in [-0.15, -0.1) is 0 Å². The van der Waals surface area contributed by atoms with E-state index in [2.05, 4.69) is 18.3 Å². The molecule has 1 aromatic rings. The lowest BCUT2D eigenvalue weighted by Crippen LogP contribution is -2.32. The Labute approximate surface area is 111 Å². The minimum absolute atomic E-state index is 0.716. The van der Waals surface area contributed by atoms with Crippen molar-refractivity contribution in [3.63, 3.8) is 0 Å². The van der Waals surface area contributed by atoms with Gasteiger partial charge in [-0.1, -0.05) is 43.9 Å². The Morgan fingerprint density at radius 3 is 2.56 bits per heavy atom. The zero-order valence-corrected chi connectivity index (χ0v) is 11.5. The first-order valence-electron chi connectivity index (χ1n) is 7.28. The Balaban J connectivity index is 1.65. The summed E-state index contributed by atoms with van der Waals surface area (Å²) in [5, 5.41) is 3.63. The third kappa shape index (κ3) is 4.34. The highest BCUT2D eigenvalue weighted by atomic mass is 16.5. The summed E-state index contributed by atoms with van der Waals surface area (Å²) < 4.78 is 5.80. The van der Waals surface area contributed by atoms with Crippen molar-refractivity contribution < 1.29 is 4.74 Å². The van der Waals surface area contributed by atoms with E-state index in [4.69, 9.17) is 4.74 Å². The number of hydrogen-bond acceptors (Lipinski definition) is 2. The minimum Gasteiger partial charge on any atom is -0.492 e. The molecule has 1 N–H and O–H groups in total. The Kier molecular flexibility index (Phi) is 5.53. The quantitative estimate of drug-likeness (QED) is 0.633. The fourth-order valence-electron chi connectivity index (χ4n) is 2.63. The second-order valence-corrected chi connectivity index (χ2v) is 5.26. The van der Waals surface area contributed by atoms with Gasteiger partial charge in [0.05, 0.1) is 0 Å². The van der Waals surface area contributed by atoms with Gasteiger partial charge >= 0.3 is 0 Å². The Bertz CT molecular complexity index is 343. The topological polar surface area (TPSA) is 21.3 Å². The molecule has 2 rings (SSSR count). The molecule has 0 spiro atoms. The van der Waals surface area contributed by atoms with Gasteiger partial charge < -0.3 is 10.1 Å². The van der Waals surface area contributed by atoms with Gasteiger partial charge in [0.25, 0.3) is 0 Å². The zero-order chi connectivity index (χ0) is 12.6. The van der Waals surface area contributed by atoms with E-state index in [1.165, 1.54) is 44.1 Å². The Morgan fingerprint density at radius 2 is 1.83 bits per heavy atom. The summed E-state index contributed by atoms with van der Waals surface area (Å²) in [5.74, 6) is 1.01. The van der Waals surface area contributed by atoms with E-state index in [0.717, 1.165) is 18.9 Å². The van der Waals surface area contributed by atoms with E-state index in [1.54, 1.807) is 0 Å². The molecule has 1 aliphatic rings. The van der Waals surface area contributed by atoms with E-state index in [9.17, 15) is 0 Å². The normalized spacial score (nSPS) is 17.4. The summed E-state index contributed by atoms with van der Waals surface area (Å²) in [5.41, 5.74) is 1.21. The molecule has 0 unspecified atom stereocenters. The molecule has 1 fully saturated rings. The number of aryl methyl sites for hydroxylation is 1. The van der Waals surface area contributed by atoms with Crippen LogP contribution in [0.5, 0.6) is 5.75 Å². The molecule has 0 aliphatic heterocycles. The summed E-state index contributed by atoms with van der Waals surface area (Å²) in [6, 6.07) is 8.93. The number of benzene rings is 1. The van der Waals surface area contributed by atoms with Gasteiger partial charge in [-0.2, -0.15) is 0 Å². The van der Waals surface area contributed by atoms with E-state index in [1.807, 2.05) is 18.2 Å².